The topological polar surface area (TPSA) is 42.5 Å². The van der Waals surface area contributed by atoms with Crippen LogP contribution in [0.3, 0.4) is 0 Å². The highest BCUT2D eigenvalue weighted by molar-refractivity contribution is 9.10. The van der Waals surface area contributed by atoms with E-state index in [1.165, 1.54) is 0 Å². The lowest BCUT2D eigenvalue weighted by molar-refractivity contribution is 0.287. The van der Waals surface area contributed by atoms with Gasteiger partial charge in [0.15, 0.2) is 16.6 Å². The molecule has 0 aliphatic heterocycles. The number of rotatable bonds is 7. The van der Waals surface area contributed by atoms with Gasteiger partial charge in [-0.2, -0.15) is 0 Å². The second-order valence-electron chi connectivity index (χ2n) is 5.86. The van der Waals surface area contributed by atoms with Crippen LogP contribution >= 0.6 is 28.1 Å². The molecule has 0 aliphatic rings. The fourth-order valence-electron chi connectivity index (χ4n) is 2.51. The summed E-state index contributed by atoms with van der Waals surface area (Å²) in [7, 11) is 0. The number of aryl methyl sites for hydroxylation is 1. The van der Waals surface area contributed by atoms with Crippen LogP contribution in [-0.4, -0.2) is 18.3 Å². The summed E-state index contributed by atoms with van der Waals surface area (Å²) in [5.74, 6) is 1.51. The van der Waals surface area contributed by atoms with Gasteiger partial charge < -0.3 is 20.1 Å². The molecule has 0 heterocycles. The Morgan fingerprint density at radius 1 is 1.08 bits per heavy atom. The zero-order chi connectivity index (χ0) is 19.1. The van der Waals surface area contributed by atoms with Crippen molar-refractivity contribution in [1.82, 2.24) is 5.32 Å². The Bertz CT molecular complexity index is 767. The molecule has 1 atom stereocenters. The molecule has 0 aromatic heterocycles. The molecule has 0 spiro atoms. The monoisotopic (exact) mass is 436 g/mol. The third-order valence-corrected chi connectivity index (χ3v) is 4.94. The Labute approximate surface area is 169 Å². The maximum atomic E-state index is 5.70. The van der Waals surface area contributed by atoms with Crippen molar-refractivity contribution in [3.63, 3.8) is 0 Å². The van der Waals surface area contributed by atoms with Crippen LogP contribution in [0.5, 0.6) is 11.5 Å². The largest absolute Gasteiger partial charge is 0.490 e. The molecule has 4 nitrogen and oxygen atoms in total. The number of anilines is 1. The zero-order valence-electron chi connectivity index (χ0n) is 15.6. The normalized spacial score (nSPS) is 11.6. The van der Waals surface area contributed by atoms with E-state index < -0.39 is 0 Å². The molecular weight excluding hydrogens is 412 g/mol. The number of ether oxygens (including phenoxy) is 2. The van der Waals surface area contributed by atoms with Crippen LogP contribution in [0.25, 0.3) is 0 Å². The van der Waals surface area contributed by atoms with E-state index in [0.717, 1.165) is 32.8 Å². The highest BCUT2D eigenvalue weighted by atomic mass is 79.9. The molecule has 0 amide bonds. The van der Waals surface area contributed by atoms with Crippen molar-refractivity contribution in [3.8, 4) is 11.5 Å². The first-order chi connectivity index (χ1) is 12.4. The van der Waals surface area contributed by atoms with Gasteiger partial charge in [0.25, 0.3) is 0 Å². The van der Waals surface area contributed by atoms with E-state index in [0.29, 0.717) is 18.3 Å². The molecule has 2 rings (SSSR count). The number of thiocarbonyl (C=S) groups is 1. The van der Waals surface area contributed by atoms with E-state index in [1.807, 2.05) is 57.2 Å². The molecule has 2 N–H and O–H groups in total. The zero-order valence-corrected chi connectivity index (χ0v) is 18.0. The highest BCUT2D eigenvalue weighted by Gasteiger charge is 2.12. The van der Waals surface area contributed by atoms with Crippen molar-refractivity contribution in [1.29, 1.82) is 0 Å². The van der Waals surface area contributed by atoms with Crippen molar-refractivity contribution in [3.05, 3.63) is 52.0 Å². The summed E-state index contributed by atoms with van der Waals surface area (Å²) in [6.45, 7) is 9.23. The predicted molar refractivity (Wildman–Crippen MR) is 115 cm³/mol. The number of halogens is 1. The minimum absolute atomic E-state index is 0.0291. The fraction of sp³-hybridized carbons (Fsp3) is 0.350. The summed E-state index contributed by atoms with van der Waals surface area (Å²) in [4.78, 5) is 0. The first-order valence-corrected chi connectivity index (χ1v) is 9.87. The van der Waals surface area contributed by atoms with Crippen LogP contribution in [0, 0.1) is 6.92 Å². The molecular formula is C20H25BrN2O2S. The molecule has 0 unspecified atom stereocenters. The number of benzene rings is 2. The average Bonchev–Trinajstić information content (AvgIpc) is 2.60. The molecule has 6 heteroatoms. The lowest BCUT2D eigenvalue weighted by Gasteiger charge is -2.19. The predicted octanol–water partition coefficient (Wildman–Crippen LogP) is 5.60. The van der Waals surface area contributed by atoms with Crippen molar-refractivity contribution < 1.29 is 9.47 Å². The second kappa shape index (κ2) is 9.78. The Kier molecular flexibility index (Phi) is 7.72. The van der Waals surface area contributed by atoms with Crippen molar-refractivity contribution in [2.75, 3.05) is 18.5 Å². The van der Waals surface area contributed by atoms with Gasteiger partial charge in [-0.1, -0.05) is 22.0 Å². The molecule has 0 aliphatic carbocycles. The van der Waals surface area contributed by atoms with Crippen LogP contribution in [-0.2, 0) is 0 Å². The molecule has 2 aromatic carbocycles. The molecule has 140 valence electrons. The van der Waals surface area contributed by atoms with Gasteiger partial charge >= 0.3 is 0 Å². The summed E-state index contributed by atoms with van der Waals surface area (Å²) in [6.07, 6.45) is 0. The maximum absolute atomic E-state index is 5.70. The van der Waals surface area contributed by atoms with Gasteiger partial charge in [0.2, 0.25) is 0 Å². The van der Waals surface area contributed by atoms with E-state index in [1.54, 1.807) is 0 Å². The lowest BCUT2D eigenvalue weighted by atomic mass is 10.1. The first kappa shape index (κ1) is 20.5. The van der Waals surface area contributed by atoms with Gasteiger partial charge in [-0.05, 0) is 81.4 Å². The van der Waals surface area contributed by atoms with Crippen molar-refractivity contribution in [2.45, 2.75) is 33.7 Å². The summed E-state index contributed by atoms with van der Waals surface area (Å²) in [5.41, 5.74) is 3.18. The molecule has 26 heavy (non-hydrogen) atoms. The van der Waals surface area contributed by atoms with E-state index in [2.05, 4.69) is 33.5 Å². The molecule has 0 bridgehead atoms. The van der Waals surface area contributed by atoms with Gasteiger partial charge in [0, 0.05) is 10.2 Å². The van der Waals surface area contributed by atoms with E-state index in [4.69, 9.17) is 21.7 Å². The van der Waals surface area contributed by atoms with E-state index in [-0.39, 0.29) is 6.04 Å². The molecule has 0 saturated carbocycles. The Balaban J connectivity index is 2.05. The standard InChI is InChI=1S/C20H25BrN2O2S/c1-5-24-18-10-7-15(12-19(18)25-6-2)14(4)22-20(26)23-16-8-9-17(21)13(3)11-16/h7-12,14H,5-6H2,1-4H3,(H2,22,23,26)/t14-/m0/s1. The molecule has 2 aromatic rings. The van der Waals surface area contributed by atoms with Crippen molar-refractivity contribution >= 4 is 38.9 Å². The maximum Gasteiger partial charge on any atom is 0.171 e. The molecule has 0 saturated heterocycles. The molecule has 0 fully saturated rings. The summed E-state index contributed by atoms with van der Waals surface area (Å²) in [5, 5.41) is 7.11. The van der Waals surface area contributed by atoms with Crippen LogP contribution in [0.2, 0.25) is 0 Å². The second-order valence-corrected chi connectivity index (χ2v) is 7.12. The average molecular weight is 437 g/mol. The number of hydrogen-bond acceptors (Lipinski definition) is 3. The quantitative estimate of drug-likeness (QED) is 0.552. The fourth-order valence-corrected chi connectivity index (χ4v) is 3.05. The van der Waals surface area contributed by atoms with Gasteiger partial charge in [-0.15, -0.1) is 0 Å². The van der Waals surface area contributed by atoms with Crippen LogP contribution in [0.4, 0.5) is 5.69 Å². The smallest absolute Gasteiger partial charge is 0.171 e. The minimum Gasteiger partial charge on any atom is -0.490 e. The summed E-state index contributed by atoms with van der Waals surface area (Å²) >= 11 is 8.95. The van der Waals surface area contributed by atoms with Crippen molar-refractivity contribution in [2.24, 2.45) is 0 Å². The third kappa shape index (κ3) is 5.61. The Morgan fingerprint density at radius 2 is 1.77 bits per heavy atom. The Hall–Kier alpha value is -1.79. The van der Waals surface area contributed by atoms with E-state index in [9.17, 15) is 0 Å². The number of hydrogen-bond donors (Lipinski definition) is 2. The van der Waals surface area contributed by atoms with Crippen LogP contribution in [0.1, 0.15) is 37.9 Å². The lowest BCUT2D eigenvalue weighted by Crippen LogP contribution is -2.30. The van der Waals surface area contributed by atoms with Gasteiger partial charge in [0.1, 0.15) is 0 Å². The highest BCUT2D eigenvalue weighted by Crippen LogP contribution is 2.30. The van der Waals surface area contributed by atoms with E-state index >= 15 is 0 Å². The summed E-state index contributed by atoms with van der Waals surface area (Å²) < 4.78 is 12.4. The third-order valence-electron chi connectivity index (χ3n) is 3.83. The first-order valence-electron chi connectivity index (χ1n) is 8.67. The summed E-state index contributed by atoms with van der Waals surface area (Å²) in [6, 6.07) is 12.0. The number of nitrogens with one attached hydrogen (secondary N) is 2. The van der Waals surface area contributed by atoms with Gasteiger partial charge in [0.05, 0.1) is 19.3 Å². The van der Waals surface area contributed by atoms with Gasteiger partial charge in [-0.25, -0.2) is 0 Å². The van der Waals surface area contributed by atoms with Gasteiger partial charge in [-0.3, -0.25) is 0 Å². The SMILES string of the molecule is CCOc1ccc([C@H](C)NC(=S)Nc2ccc(Br)c(C)c2)cc1OCC. The van der Waals surface area contributed by atoms with Crippen LogP contribution < -0.4 is 20.1 Å². The van der Waals surface area contributed by atoms with Crippen LogP contribution in [0.15, 0.2) is 40.9 Å². The minimum atomic E-state index is 0.0291. The Morgan fingerprint density at radius 3 is 2.42 bits per heavy atom. The molecule has 0 radical (unpaired) electrons.